The molecule has 3 rings (SSSR count). The van der Waals surface area contributed by atoms with E-state index in [1.807, 2.05) is 37.4 Å². The third-order valence-electron chi connectivity index (χ3n) is 4.08. The highest BCUT2D eigenvalue weighted by Gasteiger charge is 2.31. The van der Waals surface area contributed by atoms with Crippen molar-refractivity contribution in [3.05, 3.63) is 45.7 Å². The normalized spacial score (nSPS) is 16.5. The molecule has 6 nitrogen and oxygen atoms in total. The molecule has 1 aromatic carbocycles. The van der Waals surface area contributed by atoms with Crippen LogP contribution in [0.3, 0.4) is 0 Å². The second kappa shape index (κ2) is 6.68. The molecule has 1 aliphatic rings. The van der Waals surface area contributed by atoms with Crippen LogP contribution in [0.25, 0.3) is 0 Å². The number of aromatic nitrogens is 2. The first-order valence-corrected chi connectivity index (χ1v) is 8.95. The molecule has 1 aliphatic heterocycles. The third-order valence-corrected chi connectivity index (χ3v) is 4.81. The topological polar surface area (TPSA) is 73.2 Å². The molecule has 0 aliphatic carbocycles. The predicted molar refractivity (Wildman–Crippen MR) is 94.0 cm³/mol. The number of carbonyl (C=O) groups is 1. The molecule has 0 fully saturated rings. The van der Waals surface area contributed by atoms with Gasteiger partial charge in [0.15, 0.2) is 5.16 Å². The number of nitrogens with zero attached hydrogens (tertiary/aromatic N) is 2. The van der Waals surface area contributed by atoms with Gasteiger partial charge in [0.1, 0.15) is 11.6 Å². The minimum absolute atomic E-state index is 0.102. The number of rotatable bonds is 4. The van der Waals surface area contributed by atoms with E-state index in [2.05, 4.69) is 10.3 Å². The lowest BCUT2D eigenvalue weighted by atomic mass is 9.87. The van der Waals surface area contributed by atoms with E-state index < -0.39 is 0 Å². The first-order chi connectivity index (χ1) is 11.5. The highest BCUT2D eigenvalue weighted by atomic mass is 32.2. The lowest BCUT2D eigenvalue weighted by molar-refractivity contribution is -0.116. The van der Waals surface area contributed by atoms with Crippen LogP contribution >= 0.6 is 11.8 Å². The molecule has 1 amide bonds. The summed E-state index contributed by atoms with van der Waals surface area (Å²) in [5.74, 6) is 0.904. The number of benzene rings is 1. The van der Waals surface area contributed by atoms with Gasteiger partial charge in [-0.15, -0.1) is 0 Å². The molecular weight excluding hydrogens is 326 g/mol. The van der Waals surface area contributed by atoms with Crippen molar-refractivity contribution >= 4 is 23.5 Å². The number of thioether (sulfide) groups is 1. The second-order valence-electron chi connectivity index (χ2n) is 5.53. The Kier molecular flexibility index (Phi) is 4.62. The minimum Gasteiger partial charge on any atom is -0.494 e. The number of nitrogens with one attached hydrogen (secondary N) is 1. The van der Waals surface area contributed by atoms with Crippen molar-refractivity contribution in [2.45, 2.75) is 24.4 Å². The number of fused-ring (bicyclic) bond motifs is 1. The van der Waals surface area contributed by atoms with E-state index in [1.54, 1.807) is 11.6 Å². The van der Waals surface area contributed by atoms with Crippen LogP contribution in [-0.4, -0.2) is 28.3 Å². The summed E-state index contributed by atoms with van der Waals surface area (Å²) in [4.78, 5) is 28.9. The van der Waals surface area contributed by atoms with E-state index in [0.717, 1.165) is 11.3 Å². The van der Waals surface area contributed by atoms with E-state index in [-0.39, 0.29) is 23.8 Å². The van der Waals surface area contributed by atoms with Gasteiger partial charge in [-0.05, 0) is 30.9 Å². The van der Waals surface area contributed by atoms with Crippen LogP contribution in [0.5, 0.6) is 5.75 Å². The summed E-state index contributed by atoms with van der Waals surface area (Å²) >= 11 is 1.37. The van der Waals surface area contributed by atoms with Gasteiger partial charge in [-0.25, -0.2) is 0 Å². The summed E-state index contributed by atoms with van der Waals surface area (Å²) in [5.41, 5.74) is 1.16. The Bertz CT molecular complexity index is 830. The van der Waals surface area contributed by atoms with Crippen molar-refractivity contribution < 1.29 is 9.53 Å². The molecule has 0 radical (unpaired) electrons. The van der Waals surface area contributed by atoms with Crippen molar-refractivity contribution in [2.24, 2.45) is 7.05 Å². The lowest BCUT2D eigenvalue weighted by Crippen LogP contribution is -2.33. The Morgan fingerprint density at radius 2 is 2.04 bits per heavy atom. The van der Waals surface area contributed by atoms with Gasteiger partial charge in [0, 0.05) is 19.4 Å². The number of amides is 1. The highest BCUT2D eigenvalue weighted by molar-refractivity contribution is 7.98. The molecule has 7 heteroatoms. The standard InChI is InChI=1S/C17H19N3O3S/c1-4-23-11-7-5-10(6-8-11)12-9-13(21)18-15-14(12)16(22)19-17(24-3)20(15)2/h5-8,12H,4,9H2,1-3H3,(H,18,21)/t12-/m1/s1. The van der Waals surface area contributed by atoms with E-state index in [4.69, 9.17) is 4.74 Å². The van der Waals surface area contributed by atoms with Crippen LogP contribution in [0.1, 0.15) is 30.4 Å². The van der Waals surface area contributed by atoms with Crippen LogP contribution in [0.2, 0.25) is 0 Å². The quantitative estimate of drug-likeness (QED) is 0.680. The average Bonchev–Trinajstić information content (AvgIpc) is 2.58. The summed E-state index contributed by atoms with van der Waals surface area (Å²) in [6.45, 7) is 2.52. The molecular formula is C17H19N3O3S. The maximum Gasteiger partial charge on any atom is 0.279 e. The monoisotopic (exact) mass is 345 g/mol. The van der Waals surface area contributed by atoms with Gasteiger partial charge in [-0.2, -0.15) is 4.98 Å². The molecule has 1 N–H and O–H groups in total. The molecule has 0 unspecified atom stereocenters. The summed E-state index contributed by atoms with van der Waals surface area (Å²) in [6.07, 6.45) is 2.08. The Labute approximate surface area is 144 Å². The van der Waals surface area contributed by atoms with E-state index in [0.29, 0.717) is 23.1 Å². The number of carbonyl (C=O) groups excluding carboxylic acids is 1. The zero-order chi connectivity index (χ0) is 17.3. The predicted octanol–water partition coefficient (Wildman–Crippen LogP) is 2.38. The summed E-state index contributed by atoms with van der Waals surface area (Å²) in [5, 5.41) is 3.40. The van der Waals surface area contributed by atoms with Crippen LogP contribution in [0.15, 0.2) is 34.2 Å². The SMILES string of the molecule is CCOc1ccc([C@H]2CC(=O)Nc3c2c(=O)nc(SC)n3C)cc1. The molecule has 24 heavy (non-hydrogen) atoms. The van der Waals surface area contributed by atoms with Crippen LogP contribution < -0.4 is 15.6 Å². The largest absolute Gasteiger partial charge is 0.494 e. The van der Waals surface area contributed by atoms with Gasteiger partial charge in [0.05, 0.1) is 12.2 Å². The second-order valence-corrected chi connectivity index (χ2v) is 6.31. The van der Waals surface area contributed by atoms with Crippen molar-refractivity contribution in [3.8, 4) is 5.75 Å². The fourth-order valence-corrected chi connectivity index (χ4v) is 3.50. The Morgan fingerprint density at radius 3 is 2.67 bits per heavy atom. The van der Waals surface area contributed by atoms with E-state index >= 15 is 0 Å². The first-order valence-electron chi connectivity index (χ1n) is 7.72. The lowest BCUT2D eigenvalue weighted by Gasteiger charge is -2.27. The Morgan fingerprint density at radius 1 is 1.33 bits per heavy atom. The average molecular weight is 345 g/mol. The summed E-state index contributed by atoms with van der Waals surface area (Å²) < 4.78 is 7.22. The Balaban J connectivity index is 2.10. The molecule has 126 valence electrons. The molecule has 0 saturated carbocycles. The van der Waals surface area contributed by atoms with Crippen LogP contribution in [0.4, 0.5) is 5.82 Å². The Hall–Kier alpha value is -2.28. The van der Waals surface area contributed by atoms with E-state index in [1.165, 1.54) is 11.8 Å². The molecule has 2 aromatic rings. The first kappa shape index (κ1) is 16.6. The zero-order valence-electron chi connectivity index (χ0n) is 13.8. The molecule has 0 saturated heterocycles. The summed E-state index contributed by atoms with van der Waals surface area (Å²) in [6, 6.07) is 7.53. The number of hydrogen-bond acceptors (Lipinski definition) is 5. The summed E-state index contributed by atoms with van der Waals surface area (Å²) in [7, 11) is 1.80. The van der Waals surface area contributed by atoms with Crippen molar-refractivity contribution in [2.75, 3.05) is 18.2 Å². The number of anilines is 1. The van der Waals surface area contributed by atoms with E-state index in [9.17, 15) is 9.59 Å². The van der Waals surface area contributed by atoms with Crippen molar-refractivity contribution in [1.82, 2.24) is 9.55 Å². The molecule has 0 bridgehead atoms. The van der Waals surface area contributed by atoms with Gasteiger partial charge in [0.2, 0.25) is 5.91 Å². The van der Waals surface area contributed by atoms with Gasteiger partial charge >= 0.3 is 0 Å². The highest BCUT2D eigenvalue weighted by Crippen LogP contribution is 2.36. The van der Waals surface area contributed by atoms with Gasteiger partial charge in [-0.1, -0.05) is 23.9 Å². The van der Waals surface area contributed by atoms with Crippen LogP contribution in [-0.2, 0) is 11.8 Å². The maximum atomic E-state index is 12.5. The van der Waals surface area contributed by atoms with Gasteiger partial charge in [0.25, 0.3) is 5.56 Å². The van der Waals surface area contributed by atoms with Crippen LogP contribution in [0, 0.1) is 0 Å². The fraction of sp³-hybridized carbons (Fsp3) is 0.353. The van der Waals surface area contributed by atoms with Crippen molar-refractivity contribution in [3.63, 3.8) is 0 Å². The maximum absolute atomic E-state index is 12.5. The molecule has 2 heterocycles. The van der Waals surface area contributed by atoms with Gasteiger partial charge < -0.3 is 14.6 Å². The smallest absolute Gasteiger partial charge is 0.279 e. The van der Waals surface area contributed by atoms with Gasteiger partial charge in [-0.3, -0.25) is 9.59 Å². The molecule has 0 spiro atoms. The zero-order valence-corrected chi connectivity index (χ0v) is 14.6. The molecule has 1 aromatic heterocycles. The third kappa shape index (κ3) is 2.91. The molecule has 1 atom stereocenters. The van der Waals surface area contributed by atoms with Crippen molar-refractivity contribution in [1.29, 1.82) is 0 Å². The fourth-order valence-electron chi connectivity index (χ4n) is 2.97. The number of ether oxygens (including phenoxy) is 1. The number of hydrogen-bond donors (Lipinski definition) is 1. The minimum atomic E-state index is -0.300.